The van der Waals surface area contributed by atoms with E-state index in [-0.39, 0.29) is 5.91 Å². The van der Waals surface area contributed by atoms with Crippen molar-refractivity contribution in [3.05, 3.63) is 70.9 Å². The number of hydrogen-bond acceptors (Lipinski definition) is 4. The van der Waals surface area contributed by atoms with Crippen LogP contribution in [0.15, 0.2) is 54.6 Å². The molecule has 0 unspecified atom stereocenters. The van der Waals surface area contributed by atoms with Crippen LogP contribution in [0.3, 0.4) is 0 Å². The number of benzene rings is 2. The lowest BCUT2D eigenvalue weighted by Crippen LogP contribution is -2.29. The summed E-state index contributed by atoms with van der Waals surface area (Å²) in [4.78, 5) is 16.4. The minimum Gasteiger partial charge on any atom is -0.383 e. The van der Waals surface area contributed by atoms with E-state index in [9.17, 15) is 4.79 Å². The summed E-state index contributed by atoms with van der Waals surface area (Å²) in [5, 5.41) is 16.5. The maximum Gasteiger partial charge on any atom is 0.252 e. The Morgan fingerprint density at radius 3 is 2.68 bits per heavy atom. The van der Waals surface area contributed by atoms with Gasteiger partial charge in [0, 0.05) is 24.2 Å². The van der Waals surface area contributed by atoms with Crippen molar-refractivity contribution in [3.63, 3.8) is 0 Å². The predicted molar refractivity (Wildman–Crippen MR) is 98.7 cm³/mol. The van der Waals surface area contributed by atoms with Crippen LogP contribution >= 0.6 is 11.6 Å². The summed E-state index contributed by atoms with van der Waals surface area (Å²) in [6, 6.07) is 18.3. The van der Waals surface area contributed by atoms with E-state index in [4.69, 9.17) is 16.9 Å². The Hall–Kier alpha value is -3.10. The lowest BCUT2D eigenvalue weighted by atomic mass is 10.1. The van der Waals surface area contributed by atoms with E-state index in [0.29, 0.717) is 29.4 Å². The number of halogens is 1. The number of carbonyl (C=O) groups excluding carboxylic acids is 1. The molecule has 2 aromatic carbocycles. The molecule has 1 aromatic heterocycles. The first-order valence-electron chi connectivity index (χ1n) is 7.75. The number of nitrogens with one attached hydrogen (secondary N) is 2. The van der Waals surface area contributed by atoms with Gasteiger partial charge in [-0.2, -0.15) is 5.26 Å². The molecular weight excluding hydrogens is 336 g/mol. The van der Waals surface area contributed by atoms with E-state index >= 15 is 0 Å². The minimum absolute atomic E-state index is 0.218. The quantitative estimate of drug-likeness (QED) is 0.689. The molecular formula is C19H15ClN4O. The van der Waals surface area contributed by atoms with Gasteiger partial charge in [0.1, 0.15) is 11.8 Å². The van der Waals surface area contributed by atoms with Crippen LogP contribution in [-0.2, 0) is 0 Å². The molecule has 0 aliphatic carbocycles. The number of nitriles is 1. The third kappa shape index (κ3) is 3.87. The van der Waals surface area contributed by atoms with Crippen molar-refractivity contribution in [2.45, 2.75) is 0 Å². The zero-order valence-corrected chi connectivity index (χ0v) is 14.0. The van der Waals surface area contributed by atoms with Gasteiger partial charge in [-0.1, -0.05) is 41.9 Å². The zero-order chi connectivity index (χ0) is 17.6. The number of para-hydroxylation sites is 1. The van der Waals surface area contributed by atoms with Crippen molar-refractivity contribution in [2.75, 3.05) is 18.4 Å². The van der Waals surface area contributed by atoms with Crippen LogP contribution in [0.5, 0.6) is 0 Å². The molecule has 1 heterocycles. The molecule has 0 aliphatic heterocycles. The molecule has 5 nitrogen and oxygen atoms in total. The Morgan fingerprint density at radius 1 is 1.12 bits per heavy atom. The number of aromatic nitrogens is 1. The van der Waals surface area contributed by atoms with Gasteiger partial charge in [-0.3, -0.25) is 4.79 Å². The van der Waals surface area contributed by atoms with Crippen molar-refractivity contribution in [1.29, 1.82) is 5.26 Å². The fourth-order valence-corrected chi connectivity index (χ4v) is 2.71. The standard InChI is InChI=1S/C19H15ClN4O/c20-16-7-3-1-5-14(16)19(25)23-10-9-22-18-11-13(12-21)24-17-8-4-2-6-15(17)18/h1-8,11H,9-10H2,(H,22,24)(H,23,25). The van der Waals surface area contributed by atoms with Crippen LogP contribution in [0, 0.1) is 11.3 Å². The summed E-state index contributed by atoms with van der Waals surface area (Å²) < 4.78 is 0. The van der Waals surface area contributed by atoms with Crippen LogP contribution in [0.25, 0.3) is 10.9 Å². The fourth-order valence-electron chi connectivity index (χ4n) is 2.49. The number of hydrogen-bond donors (Lipinski definition) is 2. The van der Waals surface area contributed by atoms with Gasteiger partial charge < -0.3 is 10.6 Å². The van der Waals surface area contributed by atoms with Gasteiger partial charge in [-0.05, 0) is 24.3 Å². The van der Waals surface area contributed by atoms with Crippen LogP contribution < -0.4 is 10.6 Å². The van der Waals surface area contributed by atoms with Gasteiger partial charge in [0.2, 0.25) is 0 Å². The van der Waals surface area contributed by atoms with Crippen molar-refractivity contribution in [3.8, 4) is 6.07 Å². The predicted octanol–water partition coefficient (Wildman–Crippen LogP) is 3.60. The Balaban J connectivity index is 1.65. The van der Waals surface area contributed by atoms with Crippen LogP contribution in [0.1, 0.15) is 16.1 Å². The molecule has 0 fully saturated rings. The monoisotopic (exact) mass is 350 g/mol. The summed E-state index contributed by atoms with van der Waals surface area (Å²) in [5.74, 6) is -0.218. The molecule has 3 aromatic rings. The number of pyridine rings is 1. The normalized spacial score (nSPS) is 10.2. The Kier molecular flexibility index (Phi) is 5.12. The van der Waals surface area contributed by atoms with Crippen LogP contribution in [-0.4, -0.2) is 24.0 Å². The van der Waals surface area contributed by atoms with Gasteiger partial charge in [0.15, 0.2) is 0 Å². The topological polar surface area (TPSA) is 77.8 Å². The summed E-state index contributed by atoms with van der Waals surface area (Å²) in [6.07, 6.45) is 0. The van der Waals surface area contributed by atoms with Crippen molar-refractivity contribution < 1.29 is 4.79 Å². The molecule has 0 aliphatic rings. The zero-order valence-electron chi connectivity index (χ0n) is 13.3. The molecule has 0 bridgehead atoms. The lowest BCUT2D eigenvalue weighted by molar-refractivity contribution is 0.0955. The first-order chi connectivity index (χ1) is 12.2. The summed E-state index contributed by atoms with van der Waals surface area (Å²) in [7, 11) is 0. The molecule has 0 spiro atoms. The average Bonchev–Trinajstić information content (AvgIpc) is 2.65. The second-order valence-electron chi connectivity index (χ2n) is 5.35. The van der Waals surface area contributed by atoms with Gasteiger partial charge in [-0.25, -0.2) is 4.98 Å². The Labute approximate surface area is 150 Å². The van der Waals surface area contributed by atoms with E-state index in [1.165, 1.54) is 0 Å². The molecule has 1 amide bonds. The number of carbonyl (C=O) groups is 1. The highest BCUT2D eigenvalue weighted by atomic mass is 35.5. The van der Waals surface area contributed by atoms with Crippen LogP contribution in [0.4, 0.5) is 5.69 Å². The first kappa shape index (κ1) is 16.7. The molecule has 2 N–H and O–H groups in total. The third-order valence-electron chi connectivity index (χ3n) is 3.68. The van der Waals surface area contributed by atoms with Gasteiger partial charge >= 0.3 is 0 Å². The van der Waals surface area contributed by atoms with Gasteiger partial charge in [-0.15, -0.1) is 0 Å². The van der Waals surface area contributed by atoms with Crippen molar-refractivity contribution in [2.24, 2.45) is 0 Å². The summed E-state index contributed by atoms with van der Waals surface area (Å²) in [6.45, 7) is 0.928. The SMILES string of the molecule is N#Cc1cc(NCCNC(=O)c2ccccc2Cl)c2ccccc2n1. The minimum atomic E-state index is -0.218. The summed E-state index contributed by atoms with van der Waals surface area (Å²) >= 11 is 6.01. The lowest BCUT2D eigenvalue weighted by Gasteiger charge is -2.11. The second-order valence-corrected chi connectivity index (χ2v) is 5.75. The molecule has 25 heavy (non-hydrogen) atoms. The average molecular weight is 351 g/mol. The first-order valence-corrected chi connectivity index (χ1v) is 8.13. The number of rotatable bonds is 5. The third-order valence-corrected chi connectivity index (χ3v) is 4.00. The number of amides is 1. The Morgan fingerprint density at radius 2 is 1.88 bits per heavy atom. The maximum absolute atomic E-state index is 12.1. The highest BCUT2D eigenvalue weighted by Gasteiger charge is 2.09. The number of anilines is 1. The molecule has 124 valence electrons. The largest absolute Gasteiger partial charge is 0.383 e. The van der Waals surface area contributed by atoms with Gasteiger partial charge in [0.05, 0.1) is 16.1 Å². The van der Waals surface area contributed by atoms with E-state index in [2.05, 4.69) is 21.7 Å². The highest BCUT2D eigenvalue weighted by Crippen LogP contribution is 2.22. The molecule has 6 heteroatoms. The molecule has 3 rings (SSSR count). The Bertz CT molecular complexity index is 965. The van der Waals surface area contributed by atoms with Crippen molar-refractivity contribution >= 4 is 34.1 Å². The van der Waals surface area contributed by atoms with Gasteiger partial charge in [0.25, 0.3) is 5.91 Å². The maximum atomic E-state index is 12.1. The number of nitrogens with zero attached hydrogens (tertiary/aromatic N) is 2. The summed E-state index contributed by atoms with van der Waals surface area (Å²) in [5.41, 5.74) is 2.37. The number of fused-ring (bicyclic) bond motifs is 1. The second kappa shape index (κ2) is 7.65. The van der Waals surface area contributed by atoms with E-state index in [1.807, 2.05) is 24.3 Å². The highest BCUT2D eigenvalue weighted by molar-refractivity contribution is 6.33. The van der Waals surface area contributed by atoms with E-state index in [0.717, 1.165) is 16.6 Å². The van der Waals surface area contributed by atoms with E-state index < -0.39 is 0 Å². The fraction of sp³-hybridized carbons (Fsp3) is 0.105. The smallest absolute Gasteiger partial charge is 0.252 e. The molecule has 0 saturated carbocycles. The molecule has 0 atom stereocenters. The molecule has 0 radical (unpaired) electrons. The van der Waals surface area contributed by atoms with E-state index in [1.54, 1.807) is 30.3 Å². The molecule has 0 saturated heterocycles. The van der Waals surface area contributed by atoms with Crippen LogP contribution in [0.2, 0.25) is 5.02 Å². The van der Waals surface area contributed by atoms with Crippen molar-refractivity contribution in [1.82, 2.24) is 10.3 Å².